The molecule has 5 nitrogen and oxygen atoms in total. The van der Waals surface area contributed by atoms with Gasteiger partial charge in [-0.05, 0) is 26.2 Å². The number of nitrogens with zero attached hydrogens (tertiary/aromatic N) is 3. The second-order valence-electron chi connectivity index (χ2n) is 5.66. The fourth-order valence-corrected chi connectivity index (χ4v) is 2.32. The number of piperazine rings is 1. The summed E-state index contributed by atoms with van der Waals surface area (Å²) in [5, 5.41) is 2.32. The van der Waals surface area contributed by atoms with Gasteiger partial charge >= 0.3 is 6.03 Å². The van der Waals surface area contributed by atoms with Gasteiger partial charge in [0.1, 0.15) is 17.3 Å². The smallest absolute Gasteiger partial charge is 0.322 e. The number of rotatable bonds is 4. The second-order valence-corrected chi connectivity index (χ2v) is 5.66. The number of halogens is 2. The van der Waals surface area contributed by atoms with Crippen LogP contribution in [0.25, 0.3) is 0 Å². The second kappa shape index (κ2) is 7.51. The van der Waals surface area contributed by atoms with Crippen molar-refractivity contribution in [3.63, 3.8) is 0 Å². The Balaban J connectivity index is 1.85. The van der Waals surface area contributed by atoms with Crippen LogP contribution in [0.15, 0.2) is 18.2 Å². The number of anilines is 1. The number of likely N-dealkylation sites (N-methyl/N-ethyl adjacent to an activating group) is 1. The predicted octanol–water partition coefficient (Wildman–Crippen LogP) is 1.68. The number of hydrogen-bond donors (Lipinski definition) is 1. The van der Waals surface area contributed by atoms with Crippen molar-refractivity contribution in [2.75, 3.05) is 58.7 Å². The van der Waals surface area contributed by atoms with E-state index in [1.807, 2.05) is 14.1 Å². The molecule has 0 aromatic heterocycles. The molecule has 7 heteroatoms. The zero-order valence-corrected chi connectivity index (χ0v) is 13.0. The number of carbonyl (C=O) groups is 1. The number of nitrogens with one attached hydrogen (secondary N) is 1. The van der Waals surface area contributed by atoms with Crippen LogP contribution in [0.1, 0.15) is 0 Å². The van der Waals surface area contributed by atoms with Crippen LogP contribution >= 0.6 is 0 Å². The Morgan fingerprint density at radius 3 is 2.32 bits per heavy atom. The van der Waals surface area contributed by atoms with E-state index in [4.69, 9.17) is 0 Å². The van der Waals surface area contributed by atoms with Crippen LogP contribution in [0.4, 0.5) is 19.3 Å². The maximum absolute atomic E-state index is 13.5. The maximum Gasteiger partial charge on any atom is 0.322 e. The normalized spacial score (nSPS) is 16.1. The summed E-state index contributed by atoms with van der Waals surface area (Å²) in [5.41, 5.74) is -0.387. The molecule has 0 bridgehead atoms. The van der Waals surface area contributed by atoms with E-state index in [2.05, 4.69) is 15.1 Å². The van der Waals surface area contributed by atoms with E-state index in [0.717, 1.165) is 38.3 Å². The molecule has 122 valence electrons. The Kier molecular flexibility index (Phi) is 5.68. The maximum atomic E-state index is 13.5. The Morgan fingerprint density at radius 2 is 1.77 bits per heavy atom. The average Bonchev–Trinajstić information content (AvgIpc) is 2.49. The molecule has 1 aromatic carbocycles. The Bertz CT molecular complexity index is 496. The summed E-state index contributed by atoms with van der Waals surface area (Å²) in [7, 11) is 4.04. The van der Waals surface area contributed by atoms with Gasteiger partial charge in [0.2, 0.25) is 0 Å². The molecular weight excluding hydrogens is 290 g/mol. The summed E-state index contributed by atoms with van der Waals surface area (Å²) >= 11 is 0. The summed E-state index contributed by atoms with van der Waals surface area (Å²) in [6.07, 6.45) is 0. The molecular formula is C15H22F2N4O. The standard InChI is InChI=1S/C15H22F2N4O/c1-19(2)6-7-20-8-10-21(11-9-20)15(22)18-14-12(16)4-3-5-13(14)17/h3-5H,6-11H2,1-2H3,(H,18,22). The van der Waals surface area contributed by atoms with Gasteiger partial charge < -0.3 is 15.1 Å². The average molecular weight is 312 g/mol. The van der Waals surface area contributed by atoms with E-state index in [9.17, 15) is 13.6 Å². The highest BCUT2D eigenvalue weighted by atomic mass is 19.1. The van der Waals surface area contributed by atoms with Gasteiger partial charge in [-0.1, -0.05) is 6.07 Å². The number of para-hydroxylation sites is 1. The van der Waals surface area contributed by atoms with Crippen molar-refractivity contribution in [3.05, 3.63) is 29.8 Å². The molecule has 1 saturated heterocycles. The molecule has 2 amide bonds. The van der Waals surface area contributed by atoms with Gasteiger partial charge in [0.05, 0.1) is 0 Å². The summed E-state index contributed by atoms with van der Waals surface area (Å²) in [4.78, 5) is 18.1. The van der Waals surface area contributed by atoms with Crippen molar-refractivity contribution in [2.45, 2.75) is 0 Å². The van der Waals surface area contributed by atoms with Crippen LogP contribution in [0.2, 0.25) is 0 Å². The van der Waals surface area contributed by atoms with Crippen LogP contribution in [0.3, 0.4) is 0 Å². The van der Waals surface area contributed by atoms with Gasteiger partial charge in [-0.25, -0.2) is 13.6 Å². The quantitative estimate of drug-likeness (QED) is 0.919. The van der Waals surface area contributed by atoms with Gasteiger partial charge in [0, 0.05) is 39.3 Å². The highest BCUT2D eigenvalue weighted by Crippen LogP contribution is 2.18. The largest absolute Gasteiger partial charge is 0.322 e. The van der Waals surface area contributed by atoms with Crippen LogP contribution in [0.5, 0.6) is 0 Å². The molecule has 0 spiro atoms. The monoisotopic (exact) mass is 312 g/mol. The molecule has 1 fully saturated rings. The molecule has 0 atom stereocenters. The molecule has 1 N–H and O–H groups in total. The number of benzene rings is 1. The molecule has 1 heterocycles. The van der Waals surface area contributed by atoms with Crippen molar-refractivity contribution in [3.8, 4) is 0 Å². The van der Waals surface area contributed by atoms with Crippen molar-refractivity contribution >= 4 is 11.7 Å². The highest BCUT2D eigenvalue weighted by molar-refractivity contribution is 5.89. The van der Waals surface area contributed by atoms with E-state index >= 15 is 0 Å². The van der Waals surface area contributed by atoms with E-state index in [1.165, 1.54) is 6.07 Å². The van der Waals surface area contributed by atoms with Crippen LogP contribution < -0.4 is 5.32 Å². The Morgan fingerprint density at radius 1 is 1.18 bits per heavy atom. The summed E-state index contributed by atoms with van der Waals surface area (Å²) in [6.45, 7) is 4.55. The van der Waals surface area contributed by atoms with Gasteiger partial charge in [0.15, 0.2) is 0 Å². The predicted molar refractivity (Wildman–Crippen MR) is 81.9 cm³/mol. The first-order valence-corrected chi connectivity index (χ1v) is 7.34. The first kappa shape index (κ1) is 16.6. The van der Waals surface area contributed by atoms with Gasteiger partial charge in [-0.15, -0.1) is 0 Å². The van der Waals surface area contributed by atoms with Crippen molar-refractivity contribution in [2.24, 2.45) is 0 Å². The van der Waals surface area contributed by atoms with Crippen molar-refractivity contribution in [1.82, 2.24) is 14.7 Å². The molecule has 1 aromatic rings. The molecule has 0 radical (unpaired) electrons. The minimum absolute atomic E-state index is 0.387. The SMILES string of the molecule is CN(C)CCN1CCN(C(=O)Nc2c(F)cccc2F)CC1. The number of amides is 2. The molecule has 1 aliphatic rings. The molecule has 0 aliphatic carbocycles. The molecule has 1 aliphatic heterocycles. The fourth-order valence-electron chi connectivity index (χ4n) is 2.32. The summed E-state index contributed by atoms with van der Waals surface area (Å²) in [6, 6.07) is 3.05. The Labute approximate surface area is 129 Å². The first-order valence-electron chi connectivity index (χ1n) is 7.34. The summed E-state index contributed by atoms with van der Waals surface area (Å²) < 4.78 is 27.1. The van der Waals surface area contributed by atoms with E-state index in [1.54, 1.807) is 4.90 Å². The Hall–Kier alpha value is -1.73. The van der Waals surface area contributed by atoms with Gasteiger partial charge in [-0.3, -0.25) is 4.90 Å². The van der Waals surface area contributed by atoms with Crippen LogP contribution in [0, 0.1) is 11.6 Å². The van der Waals surface area contributed by atoms with E-state index in [0.29, 0.717) is 13.1 Å². The third-order valence-electron chi connectivity index (χ3n) is 3.72. The fraction of sp³-hybridized carbons (Fsp3) is 0.533. The van der Waals surface area contributed by atoms with E-state index in [-0.39, 0.29) is 5.69 Å². The highest BCUT2D eigenvalue weighted by Gasteiger charge is 2.22. The molecule has 2 rings (SSSR count). The van der Waals surface area contributed by atoms with Gasteiger partial charge in [0.25, 0.3) is 0 Å². The van der Waals surface area contributed by atoms with Crippen LogP contribution in [-0.4, -0.2) is 74.1 Å². The van der Waals surface area contributed by atoms with Crippen molar-refractivity contribution in [1.29, 1.82) is 0 Å². The zero-order valence-electron chi connectivity index (χ0n) is 13.0. The molecule has 0 unspecified atom stereocenters. The molecule has 22 heavy (non-hydrogen) atoms. The third-order valence-corrected chi connectivity index (χ3v) is 3.72. The lowest BCUT2D eigenvalue weighted by Gasteiger charge is -2.35. The minimum Gasteiger partial charge on any atom is -0.322 e. The lowest BCUT2D eigenvalue weighted by atomic mass is 10.3. The zero-order chi connectivity index (χ0) is 16.1. The topological polar surface area (TPSA) is 38.8 Å². The third kappa shape index (κ3) is 4.38. The number of hydrogen-bond acceptors (Lipinski definition) is 3. The van der Waals surface area contributed by atoms with E-state index < -0.39 is 17.7 Å². The number of carbonyl (C=O) groups excluding carboxylic acids is 1. The molecule has 0 saturated carbocycles. The van der Waals surface area contributed by atoms with Gasteiger partial charge in [-0.2, -0.15) is 0 Å². The lowest BCUT2D eigenvalue weighted by Crippen LogP contribution is -2.51. The van der Waals surface area contributed by atoms with Crippen LogP contribution in [-0.2, 0) is 0 Å². The minimum atomic E-state index is -0.766. The first-order chi connectivity index (χ1) is 10.5. The number of urea groups is 1. The lowest BCUT2D eigenvalue weighted by molar-refractivity contribution is 0.140. The summed E-state index contributed by atoms with van der Waals surface area (Å²) in [5.74, 6) is -1.53. The van der Waals surface area contributed by atoms with Crippen molar-refractivity contribution < 1.29 is 13.6 Å².